The van der Waals surface area contributed by atoms with Crippen LogP contribution >= 0.6 is 0 Å². The van der Waals surface area contributed by atoms with Crippen LogP contribution in [0.3, 0.4) is 0 Å². The van der Waals surface area contributed by atoms with Gasteiger partial charge in [-0.25, -0.2) is 4.79 Å². The van der Waals surface area contributed by atoms with E-state index in [4.69, 9.17) is 18.9 Å². The Morgan fingerprint density at radius 1 is 0.879 bits per heavy atom. The molecule has 1 amide bonds. The average molecular weight is 450 g/mol. The van der Waals surface area contributed by atoms with E-state index in [0.29, 0.717) is 23.9 Å². The molecule has 172 valence electrons. The average Bonchev–Trinajstić information content (AvgIpc) is 2.86. The van der Waals surface area contributed by atoms with Crippen LogP contribution in [0.15, 0.2) is 72.8 Å². The molecule has 0 heterocycles. The fourth-order valence-electron chi connectivity index (χ4n) is 3.24. The van der Waals surface area contributed by atoms with Gasteiger partial charge in [-0.2, -0.15) is 0 Å². The third-order valence-electron chi connectivity index (χ3n) is 4.96. The first-order chi connectivity index (χ1) is 16.0. The fraction of sp³-hybridized carbons (Fsp3) is 0.231. The minimum absolute atomic E-state index is 0.253. The van der Waals surface area contributed by atoms with E-state index < -0.39 is 18.5 Å². The zero-order chi connectivity index (χ0) is 23.6. The van der Waals surface area contributed by atoms with Crippen molar-refractivity contribution in [3.8, 4) is 17.2 Å². The molecule has 3 rings (SSSR count). The molecule has 0 radical (unpaired) electrons. The first kappa shape index (κ1) is 23.7. The number of methoxy groups -OCH3 is 2. The van der Waals surface area contributed by atoms with Gasteiger partial charge in [-0.05, 0) is 42.8 Å². The number of benzene rings is 3. The maximum absolute atomic E-state index is 12.6. The van der Waals surface area contributed by atoms with Gasteiger partial charge in [-0.15, -0.1) is 0 Å². The molecule has 0 saturated heterocycles. The summed E-state index contributed by atoms with van der Waals surface area (Å²) < 4.78 is 21.6. The van der Waals surface area contributed by atoms with Crippen molar-refractivity contribution in [3.05, 3.63) is 89.5 Å². The summed E-state index contributed by atoms with van der Waals surface area (Å²) >= 11 is 0. The highest BCUT2D eigenvalue weighted by molar-refractivity contribution is 5.94. The second-order valence-corrected chi connectivity index (χ2v) is 7.24. The summed E-state index contributed by atoms with van der Waals surface area (Å²) in [4.78, 5) is 25.0. The normalized spacial score (nSPS) is 11.2. The van der Waals surface area contributed by atoms with Gasteiger partial charge < -0.3 is 24.3 Å². The summed E-state index contributed by atoms with van der Waals surface area (Å²) in [6.45, 7) is 1.69. The lowest BCUT2D eigenvalue weighted by molar-refractivity contribution is -0.124. The molecule has 7 heteroatoms. The molecule has 0 aliphatic rings. The third kappa shape index (κ3) is 6.49. The standard InChI is InChI=1S/C26H27NO6/c1-18(22-15-20(30-2)13-14-23(22)31-3)27-25(28)17-33-26(29)21-11-7-8-12-24(21)32-16-19-9-5-4-6-10-19/h4-15,18H,16-17H2,1-3H3,(H,27,28). The summed E-state index contributed by atoms with van der Waals surface area (Å²) in [7, 11) is 3.12. The number of amides is 1. The predicted molar refractivity (Wildman–Crippen MR) is 124 cm³/mol. The third-order valence-corrected chi connectivity index (χ3v) is 4.96. The molecule has 7 nitrogen and oxygen atoms in total. The van der Waals surface area contributed by atoms with Crippen LogP contribution in [-0.4, -0.2) is 32.7 Å². The van der Waals surface area contributed by atoms with Crippen LogP contribution in [0.5, 0.6) is 17.2 Å². The largest absolute Gasteiger partial charge is 0.497 e. The first-order valence-corrected chi connectivity index (χ1v) is 10.5. The van der Waals surface area contributed by atoms with E-state index in [-0.39, 0.29) is 11.6 Å². The molecule has 0 aromatic heterocycles. The molecular formula is C26H27NO6. The lowest BCUT2D eigenvalue weighted by Crippen LogP contribution is -2.31. The number of para-hydroxylation sites is 1. The quantitative estimate of drug-likeness (QED) is 0.464. The number of hydrogen-bond acceptors (Lipinski definition) is 6. The molecule has 1 unspecified atom stereocenters. The zero-order valence-electron chi connectivity index (χ0n) is 18.9. The van der Waals surface area contributed by atoms with Crippen LogP contribution in [0.25, 0.3) is 0 Å². The van der Waals surface area contributed by atoms with Crippen molar-refractivity contribution in [2.24, 2.45) is 0 Å². The maximum Gasteiger partial charge on any atom is 0.342 e. The number of hydrogen-bond donors (Lipinski definition) is 1. The molecule has 0 aliphatic heterocycles. The Morgan fingerprint density at radius 2 is 1.61 bits per heavy atom. The van der Waals surface area contributed by atoms with Crippen LogP contribution in [0.1, 0.15) is 34.5 Å². The molecule has 3 aromatic rings. The number of carbonyl (C=O) groups excluding carboxylic acids is 2. The molecule has 1 atom stereocenters. The van der Waals surface area contributed by atoms with Gasteiger partial charge in [-0.1, -0.05) is 42.5 Å². The molecule has 0 aliphatic carbocycles. The molecule has 0 spiro atoms. The second-order valence-electron chi connectivity index (χ2n) is 7.24. The Bertz CT molecular complexity index is 1080. The summed E-state index contributed by atoms with van der Waals surface area (Å²) in [5.41, 5.74) is 1.97. The van der Waals surface area contributed by atoms with Gasteiger partial charge >= 0.3 is 5.97 Å². The number of esters is 1. The first-order valence-electron chi connectivity index (χ1n) is 10.5. The lowest BCUT2D eigenvalue weighted by atomic mass is 10.1. The Hall–Kier alpha value is -4.00. The summed E-state index contributed by atoms with van der Waals surface area (Å²) in [6.07, 6.45) is 0. The summed E-state index contributed by atoms with van der Waals surface area (Å²) in [5.74, 6) is 0.570. The van der Waals surface area contributed by atoms with Crippen molar-refractivity contribution in [3.63, 3.8) is 0 Å². The van der Waals surface area contributed by atoms with Crippen molar-refractivity contribution >= 4 is 11.9 Å². The number of rotatable bonds is 10. The smallest absolute Gasteiger partial charge is 0.342 e. The van der Waals surface area contributed by atoms with E-state index in [9.17, 15) is 9.59 Å². The molecule has 0 saturated carbocycles. The minimum Gasteiger partial charge on any atom is -0.497 e. The Morgan fingerprint density at radius 3 is 2.33 bits per heavy atom. The molecule has 33 heavy (non-hydrogen) atoms. The highest BCUT2D eigenvalue weighted by Gasteiger charge is 2.18. The van der Waals surface area contributed by atoms with Crippen molar-refractivity contribution < 1.29 is 28.5 Å². The molecular weight excluding hydrogens is 422 g/mol. The summed E-state index contributed by atoms with van der Waals surface area (Å²) in [6, 6.07) is 21.3. The number of nitrogens with one attached hydrogen (secondary N) is 1. The van der Waals surface area contributed by atoms with Gasteiger partial charge in [0.25, 0.3) is 5.91 Å². The highest BCUT2D eigenvalue weighted by Crippen LogP contribution is 2.29. The van der Waals surface area contributed by atoms with Crippen LogP contribution in [0.2, 0.25) is 0 Å². The van der Waals surface area contributed by atoms with E-state index in [1.807, 2.05) is 37.3 Å². The van der Waals surface area contributed by atoms with E-state index in [1.165, 1.54) is 0 Å². The van der Waals surface area contributed by atoms with Gasteiger partial charge in [0, 0.05) is 5.56 Å². The molecule has 0 fully saturated rings. The molecule has 3 aromatic carbocycles. The lowest BCUT2D eigenvalue weighted by Gasteiger charge is -2.18. The number of ether oxygens (including phenoxy) is 4. The van der Waals surface area contributed by atoms with Crippen LogP contribution in [0, 0.1) is 0 Å². The second kappa shape index (κ2) is 11.6. The number of carbonyl (C=O) groups is 2. The van der Waals surface area contributed by atoms with Crippen molar-refractivity contribution in [1.82, 2.24) is 5.32 Å². The Kier molecular flexibility index (Phi) is 8.30. The van der Waals surface area contributed by atoms with E-state index in [2.05, 4.69) is 5.32 Å². The zero-order valence-corrected chi connectivity index (χ0v) is 18.9. The van der Waals surface area contributed by atoms with Gasteiger partial charge in [0.15, 0.2) is 6.61 Å². The SMILES string of the molecule is COc1ccc(OC)c(C(C)NC(=O)COC(=O)c2ccccc2OCc2ccccc2)c1. The fourth-order valence-corrected chi connectivity index (χ4v) is 3.24. The van der Waals surface area contributed by atoms with E-state index in [1.54, 1.807) is 56.7 Å². The van der Waals surface area contributed by atoms with E-state index >= 15 is 0 Å². The van der Waals surface area contributed by atoms with Gasteiger partial charge in [0.05, 0.1) is 20.3 Å². The highest BCUT2D eigenvalue weighted by atomic mass is 16.5. The molecule has 0 bridgehead atoms. The van der Waals surface area contributed by atoms with Crippen molar-refractivity contribution in [2.45, 2.75) is 19.6 Å². The maximum atomic E-state index is 12.6. The summed E-state index contributed by atoms with van der Waals surface area (Å²) in [5, 5.41) is 2.81. The monoisotopic (exact) mass is 449 g/mol. The van der Waals surface area contributed by atoms with Crippen molar-refractivity contribution in [1.29, 1.82) is 0 Å². The van der Waals surface area contributed by atoms with Gasteiger partial charge in [0.1, 0.15) is 29.4 Å². The topological polar surface area (TPSA) is 83.1 Å². The minimum atomic E-state index is -0.638. The van der Waals surface area contributed by atoms with Gasteiger partial charge in [-0.3, -0.25) is 4.79 Å². The van der Waals surface area contributed by atoms with Crippen LogP contribution in [-0.2, 0) is 16.1 Å². The van der Waals surface area contributed by atoms with Crippen LogP contribution < -0.4 is 19.5 Å². The predicted octanol–water partition coefficient (Wildman–Crippen LogP) is 4.32. The van der Waals surface area contributed by atoms with E-state index in [0.717, 1.165) is 11.1 Å². The van der Waals surface area contributed by atoms with Crippen LogP contribution in [0.4, 0.5) is 0 Å². The Labute approximate surface area is 193 Å². The van der Waals surface area contributed by atoms with Crippen molar-refractivity contribution in [2.75, 3.05) is 20.8 Å². The molecule has 1 N–H and O–H groups in total. The van der Waals surface area contributed by atoms with Gasteiger partial charge in [0.2, 0.25) is 0 Å². The Balaban J connectivity index is 1.58.